The van der Waals surface area contributed by atoms with Gasteiger partial charge in [0.25, 0.3) is 5.56 Å². The maximum atomic E-state index is 12.4. The van der Waals surface area contributed by atoms with Crippen LogP contribution >= 0.6 is 0 Å². The number of ether oxygens (including phenoxy) is 2. The molecule has 3 rings (SSSR count). The van der Waals surface area contributed by atoms with Crippen LogP contribution < -0.4 is 5.56 Å². The van der Waals surface area contributed by atoms with Crippen molar-refractivity contribution in [2.24, 2.45) is 0 Å². The normalized spacial score (nSPS) is 10.8. The lowest BCUT2D eigenvalue weighted by Crippen LogP contribution is -2.16. The van der Waals surface area contributed by atoms with Crippen LogP contribution in [-0.2, 0) is 16.1 Å². The van der Waals surface area contributed by atoms with Crippen molar-refractivity contribution in [3.63, 3.8) is 0 Å². The van der Waals surface area contributed by atoms with Crippen LogP contribution in [0.5, 0.6) is 0 Å². The molecule has 0 unspecified atom stereocenters. The van der Waals surface area contributed by atoms with E-state index in [0.717, 1.165) is 0 Å². The first-order chi connectivity index (χ1) is 12.9. The summed E-state index contributed by atoms with van der Waals surface area (Å²) >= 11 is 0. The number of rotatable bonds is 5. The van der Waals surface area contributed by atoms with Crippen LogP contribution in [0, 0.1) is 13.8 Å². The Morgan fingerprint density at radius 2 is 1.96 bits per heavy atom. The highest BCUT2D eigenvalue weighted by molar-refractivity contribution is 5.98. The number of H-pyrrole nitrogens is 1. The zero-order valence-corrected chi connectivity index (χ0v) is 15.2. The number of hydrogen-bond donors (Lipinski definition) is 1. The van der Waals surface area contributed by atoms with E-state index >= 15 is 0 Å². The van der Waals surface area contributed by atoms with Crippen LogP contribution in [0.4, 0.5) is 0 Å². The Morgan fingerprint density at radius 1 is 1.19 bits per heavy atom. The molecule has 0 saturated heterocycles. The van der Waals surface area contributed by atoms with Gasteiger partial charge in [-0.2, -0.15) is 0 Å². The highest BCUT2D eigenvalue weighted by atomic mass is 16.5. The quantitative estimate of drug-likeness (QED) is 0.692. The van der Waals surface area contributed by atoms with Crippen LogP contribution in [0.1, 0.15) is 44.7 Å². The molecule has 0 saturated carbocycles. The summed E-state index contributed by atoms with van der Waals surface area (Å²) in [6.45, 7) is 5.12. The van der Waals surface area contributed by atoms with Crippen molar-refractivity contribution in [3.8, 4) is 0 Å². The molecule has 0 spiro atoms. The summed E-state index contributed by atoms with van der Waals surface area (Å²) in [5, 5.41) is 0. The zero-order chi connectivity index (χ0) is 19.6. The van der Waals surface area contributed by atoms with E-state index in [1.807, 2.05) is 0 Å². The summed E-state index contributed by atoms with van der Waals surface area (Å²) in [6.07, 6.45) is 1.61. The minimum Gasteiger partial charge on any atom is -0.462 e. The first-order valence-electron chi connectivity index (χ1n) is 8.43. The number of aromatic amines is 1. The predicted octanol–water partition coefficient (Wildman–Crippen LogP) is 2.17. The van der Waals surface area contributed by atoms with E-state index in [9.17, 15) is 14.4 Å². The summed E-state index contributed by atoms with van der Waals surface area (Å²) in [4.78, 5) is 43.7. The number of esters is 2. The first-order valence-corrected chi connectivity index (χ1v) is 8.43. The van der Waals surface area contributed by atoms with Gasteiger partial charge in [-0.3, -0.25) is 9.20 Å². The van der Waals surface area contributed by atoms with Gasteiger partial charge in [0, 0.05) is 18.0 Å². The van der Waals surface area contributed by atoms with Crippen LogP contribution in [0.2, 0.25) is 0 Å². The Morgan fingerprint density at radius 3 is 2.70 bits per heavy atom. The maximum absolute atomic E-state index is 12.4. The molecular formula is C19H19N3O5. The number of aryl methyl sites for hydroxylation is 1. The molecule has 0 fully saturated rings. The Labute approximate surface area is 154 Å². The number of carbonyl (C=O) groups is 2. The minimum atomic E-state index is -0.638. The van der Waals surface area contributed by atoms with Crippen LogP contribution in [0.15, 0.2) is 35.3 Å². The van der Waals surface area contributed by atoms with E-state index in [2.05, 4.69) is 9.97 Å². The van der Waals surface area contributed by atoms with E-state index in [4.69, 9.17) is 9.47 Å². The van der Waals surface area contributed by atoms with Gasteiger partial charge in [-0.1, -0.05) is 6.07 Å². The highest BCUT2D eigenvalue weighted by Gasteiger charge is 2.23. The molecule has 27 heavy (non-hydrogen) atoms. The van der Waals surface area contributed by atoms with Gasteiger partial charge < -0.3 is 14.5 Å². The Balaban J connectivity index is 1.80. The molecule has 0 amide bonds. The second-order valence-corrected chi connectivity index (χ2v) is 5.94. The average molecular weight is 369 g/mol. The summed E-state index contributed by atoms with van der Waals surface area (Å²) in [5.41, 5.74) is 2.03. The Bertz CT molecular complexity index is 1080. The molecule has 3 aromatic heterocycles. The van der Waals surface area contributed by atoms with Crippen molar-refractivity contribution < 1.29 is 19.1 Å². The first kappa shape index (κ1) is 18.4. The number of aromatic nitrogens is 3. The standard InChI is InChI=1S/C19H19N3O5/c1-4-26-18(24)16-11(2)17(20-12(16)3)19(25)27-10-13-9-15(23)22-8-6-5-7-14(22)21-13/h5-9,20H,4,10H2,1-3H3. The van der Waals surface area contributed by atoms with Crippen LogP contribution in [-0.4, -0.2) is 32.9 Å². The fourth-order valence-corrected chi connectivity index (χ4v) is 2.85. The molecule has 0 aliphatic carbocycles. The van der Waals surface area contributed by atoms with Crippen molar-refractivity contribution in [2.75, 3.05) is 6.61 Å². The number of pyridine rings is 1. The van der Waals surface area contributed by atoms with Crippen molar-refractivity contribution in [3.05, 3.63) is 69.0 Å². The topological polar surface area (TPSA) is 103 Å². The SMILES string of the molecule is CCOC(=O)c1c(C)[nH]c(C(=O)OCc2cc(=O)n3ccccc3n2)c1C. The molecule has 0 aliphatic heterocycles. The Hall–Kier alpha value is -3.42. The van der Waals surface area contributed by atoms with E-state index in [0.29, 0.717) is 28.2 Å². The molecule has 0 bridgehead atoms. The smallest absolute Gasteiger partial charge is 0.355 e. The van der Waals surface area contributed by atoms with Gasteiger partial charge in [0.1, 0.15) is 17.9 Å². The number of carbonyl (C=O) groups excluding carboxylic acids is 2. The largest absolute Gasteiger partial charge is 0.462 e. The highest BCUT2D eigenvalue weighted by Crippen LogP contribution is 2.20. The fraction of sp³-hybridized carbons (Fsp3) is 0.263. The van der Waals surface area contributed by atoms with Gasteiger partial charge in [0.2, 0.25) is 0 Å². The van der Waals surface area contributed by atoms with Gasteiger partial charge in [-0.25, -0.2) is 14.6 Å². The van der Waals surface area contributed by atoms with Crippen molar-refractivity contribution >= 4 is 17.6 Å². The van der Waals surface area contributed by atoms with Gasteiger partial charge in [-0.05, 0) is 38.5 Å². The third-order valence-corrected chi connectivity index (χ3v) is 4.10. The molecule has 3 heterocycles. The molecule has 8 nitrogen and oxygen atoms in total. The molecule has 0 aromatic carbocycles. The average Bonchev–Trinajstić information content (AvgIpc) is 2.94. The molecule has 140 valence electrons. The second kappa shape index (κ2) is 7.45. The number of nitrogens with one attached hydrogen (secondary N) is 1. The van der Waals surface area contributed by atoms with E-state index in [1.54, 1.807) is 45.2 Å². The van der Waals surface area contributed by atoms with Crippen molar-refractivity contribution in [1.29, 1.82) is 0 Å². The third kappa shape index (κ3) is 3.59. The Kier molecular flexibility index (Phi) is 5.07. The fourth-order valence-electron chi connectivity index (χ4n) is 2.85. The number of fused-ring (bicyclic) bond motifs is 1. The van der Waals surface area contributed by atoms with Crippen LogP contribution in [0.3, 0.4) is 0 Å². The molecule has 0 atom stereocenters. The summed E-state index contributed by atoms with van der Waals surface area (Å²) in [7, 11) is 0. The molecule has 8 heteroatoms. The maximum Gasteiger partial charge on any atom is 0.355 e. The number of hydrogen-bond acceptors (Lipinski definition) is 6. The molecule has 0 aliphatic rings. The van der Waals surface area contributed by atoms with Gasteiger partial charge >= 0.3 is 11.9 Å². The van der Waals surface area contributed by atoms with Gasteiger partial charge in [0.05, 0.1) is 17.9 Å². The summed E-state index contributed by atoms with van der Waals surface area (Å²) < 4.78 is 11.7. The lowest BCUT2D eigenvalue weighted by Gasteiger charge is -2.06. The van der Waals surface area contributed by atoms with E-state index in [-0.39, 0.29) is 24.5 Å². The predicted molar refractivity (Wildman–Crippen MR) is 96.8 cm³/mol. The lowest BCUT2D eigenvalue weighted by molar-refractivity contribution is 0.0460. The van der Waals surface area contributed by atoms with Crippen molar-refractivity contribution in [2.45, 2.75) is 27.4 Å². The van der Waals surface area contributed by atoms with E-state index in [1.165, 1.54) is 10.5 Å². The number of nitrogens with zero attached hydrogens (tertiary/aromatic N) is 2. The third-order valence-electron chi connectivity index (χ3n) is 4.10. The second-order valence-electron chi connectivity index (χ2n) is 5.94. The summed E-state index contributed by atoms with van der Waals surface area (Å²) in [6, 6.07) is 6.50. The minimum absolute atomic E-state index is 0.161. The molecular weight excluding hydrogens is 350 g/mol. The van der Waals surface area contributed by atoms with Gasteiger partial charge in [-0.15, -0.1) is 0 Å². The monoisotopic (exact) mass is 369 g/mol. The van der Waals surface area contributed by atoms with Crippen molar-refractivity contribution in [1.82, 2.24) is 14.4 Å². The van der Waals surface area contributed by atoms with Crippen LogP contribution in [0.25, 0.3) is 5.65 Å². The lowest BCUT2D eigenvalue weighted by atomic mass is 10.1. The molecule has 1 N–H and O–H groups in total. The summed E-state index contributed by atoms with van der Waals surface area (Å²) in [5.74, 6) is -1.13. The van der Waals surface area contributed by atoms with Gasteiger partial charge in [0.15, 0.2) is 0 Å². The molecule has 3 aromatic rings. The van der Waals surface area contributed by atoms with E-state index < -0.39 is 11.9 Å². The zero-order valence-electron chi connectivity index (χ0n) is 15.2. The molecule has 0 radical (unpaired) electrons.